The summed E-state index contributed by atoms with van der Waals surface area (Å²) in [5.74, 6) is -0.908. The first kappa shape index (κ1) is 78.8. The quantitative estimate of drug-likeness (QED) is 0.0261. The molecule has 0 aromatic carbocycles. The molecule has 0 spiro atoms. The van der Waals surface area contributed by atoms with E-state index in [1.807, 2.05) is 0 Å². The van der Waals surface area contributed by atoms with Gasteiger partial charge in [-0.15, -0.1) is 0 Å². The van der Waals surface area contributed by atoms with Gasteiger partial charge < -0.3 is 14.2 Å². The molecule has 6 heteroatoms. The molecule has 0 radical (unpaired) electrons. The second-order valence-electron chi connectivity index (χ2n) is 23.0. The molecule has 0 aromatic heterocycles. The number of unbranched alkanes of at least 4 members (excludes halogenated alkanes) is 32. The van der Waals surface area contributed by atoms with Crippen molar-refractivity contribution in [1.82, 2.24) is 0 Å². The van der Waals surface area contributed by atoms with E-state index in [9.17, 15) is 14.4 Å². The van der Waals surface area contributed by atoms with Crippen molar-refractivity contribution in [1.29, 1.82) is 0 Å². The van der Waals surface area contributed by atoms with Crippen LogP contribution < -0.4 is 0 Å². The van der Waals surface area contributed by atoms with Crippen molar-refractivity contribution >= 4 is 17.9 Å². The highest BCUT2D eigenvalue weighted by Crippen LogP contribution is 2.17. The molecule has 0 aliphatic rings. The molecular formula is C77H130O6. The van der Waals surface area contributed by atoms with Crippen LogP contribution in [-0.2, 0) is 28.6 Å². The fraction of sp³-hybridized carbons (Fsp3) is 0.701. The second kappa shape index (κ2) is 70.3. The molecule has 83 heavy (non-hydrogen) atoms. The van der Waals surface area contributed by atoms with E-state index in [2.05, 4.69) is 142 Å². The van der Waals surface area contributed by atoms with Crippen LogP contribution in [0.15, 0.2) is 122 Å². The number of carbonyl (C=O) groups excluding carboxylic acids is 3. The summed E-state index contributed by atoms with van der Waals surface area (Å²) in [6.45, 7) is 6.41. The molecule has 1 unspecified atom stereocenters. The molecule has 0 rings (SSSR count). The Bertz CT molecular complexity index is 1700. The molecule has 6 nitrogen and oxygen atoms in total. The Hall–Kier alpha value is -4.19. The van der Waals surface area contributed by atoms with Crippen molar-refractivity contribution in [3.8, 4) is 0 Å². The maximum Gasteiger partial charge on any atom is 0.306 e. The monoisotopic (exact) mass is 1150 g/mol. The van der Waals surface area contributed by atoms with Gasteiger partial charge in [-0.1, -0.05) is 322 Å². The average Bonchev–Trinajstić information content (AvgIpc) is 3.49. The zero-order valence-electron chi connectivity index (χ0n) is 54.4. The number of ether oxygens (including phenoxy) is 3. The fourth-order valence-electron chi connectivity index (χ4n) is 9.79. The molecule has 1 atom stereocenters. The van der Waals surface area contributed by atoms with Crippen LogP contribution in [0, 0.1) is 0 Å². The van der Waals surface area contributed by atoms with Crippen LogP contribution in [0.1, 0.15) is 329 Å². The van der Waals surface area contributed by atoms with Gasteiger partial charge in [-0.3, -0.25) is 14.4 Å². The lowest BCUT2D eigenvalue weighted by molar-refractivity contribution is -0.167. The van der Waals surface area contributed by atoms with E-state index in [0.29, 0.717) is 12.8 Å². The first-order valence-electron chi connectivity index (χ1n) is 35.0. The number of hydrogen-bond donors (Lipinski definition) is 0. The Morgan fingerprint density at radius 3 is 0.747 bits per heavy atom. The van der Waals surface area contributed by atoms with Gasteiger partial charge in [-0.2, -0.15) is 0 Å². The van der Waals surface area contributed by atoms with Gasteiger partial charge in [-0.05, 0) is 109 Å². The van der Waals surface area contributed by atoms with Gasteiger partial charge in [0.05, 0.1) is 0 Å². The summed E-state index contributed by atoms with van der Waals surface area (Å²) >= 11 is 0. The Labute approximate surface area is 513 Å². The summed E-state index contributed by atoms with van der Waals surface area (Å²) < 4.78 is 16.9. The summed E-state index contributed by atoms with van der Waals surface area (Å²) in [4.78, 5) is 38.4. The third kappa shape index (κ3) is 68.5. The van der Waals surface area contributed by atoms with E-state index >= 15 is 0 Å². The second-order valence-corrected chi connectivity index (χ2v) is 23.0. The molecule has 0 aliphatic heterocycles. The summed E-state index contributed by atoms with van der Waals surface area (Å²) in [6, 6.07) is 0. The van der Waals surface area contributed by atoms with Crippen LogP contribution in [0.5, 0.6) is 0 Å². The zero-order chi connectivity index (χ0) is 59.9. The maximum atomic E-state index is 12.9. The third-order valence-corrected chi connectivity index (χ3v) is 15.0. The molecular weight excluding hydrogens is 1020 g/mol. The normalized spacial score (nSPS) is 12.9. The van der Waals surface area contributed by atoms with Crippen LogP contribution in [-0.4, -0.2) is 37.2 Å². The molecule has 0 bridgehead atoms. The minimum Gasteiger partial charge on any atom is -0.462 e. The molecule has 0 fully saturated rings. The maximum absolute atomic E-state index is 12.9. The van der Waals surface area contributed by atoms with Crippen molar-refractivity contribution in [3.63, 3.8) is 0 Å². The number of rotatable bonds is 63. The van der Waals surface area contributed by atoms with Gasteiger partial charge in [0, 0.05) is 19.3 Å². The topological polar surface area (TPSA) is 78.9 Å². The third-order valence-electron chi connectivity index (χ3n) is 15.0. The van der Waals surface area contributed by atoms with E-state index in [4.69, 9.17) is 14.2 Å². The number of esters is 3. The summed E-state index contributed by atoms with van der Waals surface area (Å²) in [7, 11) is 0. The van der Waals surface area contributed by atoms with Gasteiger partial charge >= 0.3 is 17.9 Å². The molecule has 0 saturated carbocycles. The lowest BCUT2D eigenvalue weighted by Crippen LogP contribution is -2.30. The van der Waals surface area contributed by atoms with E-state index in [0.717, 1.165) is 128 Å². The van der Waals surface area contributed by atoms with Crippen LogP contribution in [0.3, 0.4) is 0 Å². The van der Waals surface area contributed by atoms with Gasteiger partial charge in [0.15, 0.2) is 6.10 Å². The van der Waals surface area contributed by atoms with Gasteiger partial charge in [-0.25, -0.2) is 0 Å². The zero-order valence-corrected chi connectivity index (χ0v) is 54.4. The van der Waals surface area contributed by atoms with Gasteiger partial charge in [0.25, 0.3) is 0 Å². The lowest BCUT2D eigenvalue weighted by atomic mass is 10.0. The van der Waals surface area contributed by atoms with Crippen LogP contribution in [0.2, 0.25) is 0 Å². The van der Waals surface area contributed by atoms with Gasteiger partial charge in [0.2, 0.25) is 0 Å². The highest BCUT2D eigenvalue weighted by Gasteiger charge is 2.19. The minimum atomic E-state index is -0.796. The van der Waals surface area contributed by atoms with Crippen molar-refractivity contribution in [2.45, 2.75) is 335 Å². The SMILES string of the molecule is CC/C=C\C/C=C\C/C=C\C/C=C\C/C=C\CCCCCCCCCCCCCCCCCCCC(=O)OCC(COC(=O)CCCCCCCCCCCCCCC)OC(=O)CCCCC/C=C\C/C=C\C/C=C\C/C=C\C/C=C\CC. The smallest absolute Gasteiger partial charge is 0.306 e. The Morgan fingerprint density at radius 1 is 0.253 bits per heavy atom. The first-order valence-corrected chi connectivity index (χ1v) is 35.0. The first-order chi connectivity index (χ1) is 41.0. The fourth-order valence-corrected chi connectivity index (χ4v) is 9.79. The molecule has 474 valence electrons. The molecule has 0 N–H and O–H groups in total. The molecule has 0 aromatic rings. The van der Waals surface area contributed by atoms with Crippen molar-refractivity contribution < 1.29 is 28.6 Å². The summed E-state index contributed by atoms with van der Waals surface area (Å²) in [6.07, 6.45) is 98.0. The van der Waals surface area contributed by atoms with Crippen LogP contribution in [0.25, 0.3) is 0 Å². The van der Waals surface area contributed by atoms with Gasteiger partial charge in [0.1, 0.15) is 13.2 Å². The summed E-state index contributed by atoms with van der Waals surface area (Å²) in [5.41, 5.74) is 0. The average molecular weight is 1150 g/mol. The van der Waals surface area contributed by atoms with E-state index in [1.54, 1.807) is 0 Å². The number of allylic oxidation sites excluding steroid dienone is 20. The molecule has 0 amide bonds. The highest BCUT2D eigenvalue weighted by atomic mass is 16.6. The number of hydrogen-bond acceptors (Lipinski definition) is 6. The Balaban J connectivity index is 4.23. The molecule has 0 saturated heterocycles. The number of carbonyl (C=O) groups is 3. The largest absolute Gasteiger partial charge is 0.462 e. The van der Waals surface area contributed by atoms with E-state index in [-0.39, 0.29) is 37.5 Å². The molecule has 0 heterocycles. The Kier molecular flexibility index (Phi) is 66.7. The van der Waals surface area contributed by atoms with E-state index < -0.39 is 6.10 Å². The predicted molar refractivity (Wildman–Crippen MR) is 362 cm³/mol. The highest BCUT2D eigenvalue weighted by molar-refractivity contribution is 5.71. The molecule has 0 aliphatic carbocycles. The summed E-state index contributed by atoms with van der Waals surface area (Å²) in [5, 5.41) is 0. The lowest BCUT2D eigenvalue weighted by Gasteiger charge is -2.18. The van der Waals surface area contributed by atoms with E-state index in [1.165, 1.54) is 161 Å². The Morgan fingerprint density at radius 2 is 0.470 bits per heavy atom. The van der Waals surface area contributed by atoms with Crippen molar-refractivity contribution in [3.05, 3.63) is 122 Å². The standard InChI is InChI=1S/C77H130O6/c1-4-7-10-13-16-19-22-25-27-29-31-32-33-34-35-36-37-38-39-40-41-42-43-44-46-47-49-52-55-58-61-64-67-70-76(79)82-73-74(72-81-75(78)69-66-63-60-57-54-51-24-21-18-15-12-9-6-3)83-77(80)71-68-65-62-59-56-53-50-48-45-30-28-26-23-20-17-14-11-8-5-2/h7-8,10-11,16-17,19-20,25-28,31-32,34-35,45,48,53,56,74H,4-6,9,12-15,18,21-24,29-30,33,36-44,46-47,49-52,54-55,57-73H2,1-3H3/b10-7-,11-8-,19-16-,20-17-,27-25-,28-26-,32-31-,35-34-,48-45-,56-53-. The van der Waals surface area contributed by atoms with Crippen molar-refractivity contribution in [2.75, 3.05) is 13.2 Å². The van der Waals surface area contributed by atoms with Crippen LogP contribution in [0.4, 0.5) is 0 Å². The predicted octanol–water partition coefficient (Wildman–Crippen LogP) is 24.3. The minimum absolute atomic E-state index is 0.0886. The van der Waals surface area contributed by atoms with Crippen LogP contribution >= 0.6 is 0 Å². The van der Waals surface area contributed by atoms with Crippen molar-refractivity contribution in [2.24, 2.45) is 0 Å².